The van der Waals surface area contributed by atoms with Crippen LogP contribution in [0.15, 0.2) is 22.0 Å². The molecule has 1 aromatic rings. The highest BCUT2D eigenvalue weighted by atomic mass is 79.9. The number of halogens is 1. The van der Waals surface area contributed by atoms with E-state index in [4.69, 9.17) is 5.21 Å². The first-order valence-corrected chi connectivity index (χ1v) is 4.20. The highest BCUT2D eigenvalue weighted by Crippen LogP contribution is 2.16. The average molecular weight is 228 g/mol. The van der Waals surface area contributed by atoms with Crippen LogP contribution in [0.25, 0.3) is 0 Å². The second-order valence-electron chi connectivity index (χ2n) is 2.48. The molecule has 0 aromatic carbocycles. The molecular formula is C7H6BrN3O. The van der Waals surface area contributed by atoms with E-state index in [1.165, 1.54) is 0 Å². The molecule has 5 heteroatoms. The van der Waals surface area contributed by atoms with E-state index in [1.54, 1.807) is 12.4 Å². The Hall–Kier alpha value is -0.940. The Kier molecular flexibility index (Phi) is 1.82. The summed E-state index contributed by atoms with van der Waals surface area (Å²) >= 11 is 3.26. The summed E-state index contributed by atoms with van der Waals surface area (Å²) in [6.45, 7) is 0.395. The van der Waals surface area contributed by atoms with Crippen LogP contribution in [0.2, 0.25) is 0 Å². The SMILES string of the molecule is ON1Cc2cnc(Br)cc2C=N1. The highest BCUT2D eigenvalue weighted by molar-refractivity contribution is 9.10. The summed E-state index contributed by atoms with van der Waals surface area (Å²) in [5.74, 6) is 0. The van der Waals surface area contributed by atoms with E-state index >= 15 is 0 Å². The van der Waals surface area contributed by atoms with Crippen molar-refractivity contribution in [3.8, 4) is 0 Å². The fourth-order valence-electron chi connectivity index (χ4n) is 1.05. The molecule has 0 unspecified atom stereocenters. The molecule has 2 heterocycles. The number of pyridine rings is 1. The van der Waals surface area contributed by atoms with Crippen LogP contribution in [0.4, 0.5) is 0 Å². The maximum atomic E-state index is 9.02. The molecule has 1 aliphatic rings. The van der Waals surface area contributed by atoms with Crippen molar-refractivity contribution in [2.24, 2.45) is 5.10 Å². The van der Waals surface area contributed by atoms with Crippen molar-refractivity contribution in [1.82, 2.24) is 10.2 Å². The molecule has 1 aliphatic heterocycles. The van der Waals surface area contributed by atoms with Crippen molar-refractivity contribution in [2.75, 3.05) is 0 Å². The third kappa shape index (κ3) is 1.33. The van der Waals surface area contributed by atoms with Gasteiger partial charge >= 0.3 is 0 Å². The minimum atomic E-state index is 0.395. The summed E-state index contributed by atoms with van der Waals surface area (Å²) in [4.78, 5) is 4.04. The number of nitrogens with zero attached hydrogens (tertiary/aromatic N) is 3. The van der Waals surface area contributed by atoms with Gasteiger partial charge in [-0.2, -0.15) is 10.3 Å². The Morgan fingerprint density at radius 3 is 3.25 bits per heavy atom. The van der Waals surface area contributed by atoms with Crippen molar-refractivity contribution >= 4 is 22.1 Å². The smallest absolute Gasteiger partial charge is 0.106 e. The Bertz CT molecular complexity index is 339. The molecule has 0 saturated carbocycles. The standard InChI is InChI=1S/C7H6BrN3O/c8-7-1-5-3-10-11(12)4-6(5)2-9-7/h1-3,12H,4H2. The zero-order valence-electron chi connectivity index (χ0n) is 6.11. The lowest BCUT2D eigenvalue weighted by Gasteiger charge is -2.16. The minimum Gasteiger partial charge on any atom is -0.271 e. The van der Waals surface area contributed by atoms with Gasteiger partial charge in [0.2, 0.25) is 0 Å². The monoisotopic (exact) mass is 227 g/mol. The second kappa shape index (κ2) is 2.84. The summed E-state index contributed by atoms with van der Waals surface area (Å²) in [6, 6.07) is 1.87. The Morgan fingerprint density at radius 2 is 2.42 bits per heavy atom. The van der Waals surface area contributed by atoms with Crippen LogP contribution in [0.1, 0.15) is 11.1 Å². The molecule has 0 aliphatic carbocycles. The largest absolute Gasteiger partial charge is 0.271 e. The molecule has 1 aromatic heterocycles. The van der Waals surface area contributed by atoms with Crippen molar-refractivity contribution in [2.45, 2.75) is 6.54 Å². The van der Waals surface area contributed by atoms with Gasteiger partial charge in [-0.15, -0.1) is 0 Å². The van der Waals surface area contributed by atoms with Gasteiger partial charge in [0, 0.05) is 17.3 Å². The topological polar surface area (TPSA) is 48.7 Å². The molecule has 0 bridgehead atoms. The van der Waals surface area contributed by atoms with Crippen LogP contribution in [0.3, 0.4) is 0 Å². The van der Waals surface area contributed by atoms with Crippen molar-refractivity contribution in [3.63, 3.8) is 0 Å². The number of hydrogen-bond acceptors (Lipinski definition) is 4. The van der Waals surface area contributed by atoms with Gasteiger partial charge < -0.3 is 0 Å². The van der Waals surface area contributed by atoms with E-state index in [0.29, 0.717) is 6.54 Å². The van der Waals surface area contributed by atoms with Gasteiger partial charge in [0.15, 0.2) is 0 Å². The lowest BCUT2D eigenvalue weighted by molar-refractivity contribution is -0.0991. The van der Waals surface area contributed by atoms with Crippen molar-refractivity contribution in [1.29, 1.82) is 0 Å². The first kappa shape index (κ1) is 7.70. The molecule has 2 rings (SSSR count). The van der Waals surface area contributed by atoms with Crippen LogP contribution < -0.4 is 0 Å². The Morgan fingerprint density at radius 1 is 1.58 bits per heavy atom. The molecule has 0 radical (unpaired) electrons. The third-order valence-electron chi connectivity index (χ3n) is 1.63. The summed E-state index contributed by atoms with van der Waals surface area (Å²) in [7, 11) is 0. The molecule has 0 saturated heterocycles. The Balaban J connectivity index is 2.47. The number of rotatable bonds is 0. The molecule has 0 fully saturated rings. The fourth-order valence-corrected chi connectivity index (χ4v) is 1.40. The van der Waals surface area contributed by atoms with Crippen molar-refractivity contribution < 1.29 is 5.21 Å². The summed E-state index contributed by atoms with van der Waals surface area (Å²) in [5.41, 5.74) is 1.96. The zero-order chi connectivity index (χ0) is 8.55. The highest BCUT2D eigenvalue weighted by Gasteiger charge is 2.09. The fraction of sp³-hybridized carbons (Fsp3) is 0.143. The first-order chi connectivity index (χ1) is 5.75. The lowest BCUT2D eigenvalue weighted by atomic mass is 10.1. The van der Waals surface area contributed by atoms with E-state index in [2.05, 4.69) is 26.0 Å². The second-order valence-corrected chi connectivity index (χ2v) is 3.29. The molecule has 0 amide bonds. The molecule has 4 nitrogen and oxygen atoms in total. The first-order valence-electron chi connectivity index (χ1n) is 3.40. The molecular weight excluding hydrogens is 222 g/mol. The molecule has 0 spiro atoms. The minimum absolute atomic E-state index is 0.395. The van der Waals surface area contributed by atoms with E-state index < -0.39 is 0 Å². The van der Waals surface area contributed by atoms with Gasteiger partial charge in [-0.05, 0) is 22.0 Å². The van der Waals surface area contributed by atoms with Crippen LogP contribution in [-0.2, 0) is 6.54 Å². The predicted molar refractivity (Wildman–Crippen MR) is 46.9 cm³/mol. The molecule has 0 atom stereocenters. The summed E-state index contributed by atoms with van der Waals surface area (Å²) in [6.07, 6.45) is 3.32. The van der Waals surface area contributed by atoms with E-state index in [0.717, 1.165) is 20.9 Å². The predicted octanol–water partition coefficient (Wildman–Crippen LogP) is 1.38. The molecule has 12 heavy (non-hydrogen) atoms. The van der Waals surface area contributed by atoms with Crippen LogP contribution in [0, 0.1) is 0 Å². The van der Waals surface area contributed by atoms with Gasteiger partial charge in [0.1, 0.15) is 4.60 Å². The van der Waals surface area contributed by atoms with Crippen molar-refractivity contribution in [3.05, 3.63) is 28.0 Å². The summed E-state index contributed by atoms with van der Waals surface area (Å²) in [5, 5.41) is 13.6. The number of hydrazone groups is 1. The summed E-state index contributed by atoms with van der Waals surface area (Å²) < 4.78 is 0.777. The quantitative estimate of drug-likeness (QED) is 0.682. The maximum absolute atomic E-state index is 9.02. The van der Waals surface area contributed by atoms with E-state index in [1.807, 2.05) is 6.07 Å². The number of hydrogen-bond donors (Lipinski definition) is 1. The normalized spacial score (nSPS) is 14.7. The third-order valence-corrected chi connectivity index (χ3v) is 2.06. The average Bonchev–Trinajstić information content (AvgIpc) is 2.05. The number of hydroxylamine groups is 1. The van der Waals surface area contributed by atoms with Crippen LogP contribution in [0.5, 0.6) is 0 Å². The van der Waals surface area contributed by atoms with E-state index in [9.17, 15) is 0 Å². The maximum Gasteiger partial charge on any atom is 0.106 e. The number of aromatic nitrogens is 1. The van der Waals surface area contributed by atoms with Gasteiger partial charge in [0.05, 0.1) is 12.8 Å². The van der Waals surface area contributed by atoms with Crippen LogP contribution in [-0.4, -0.2) is 21.6 Å². The van der Waals surface area contributed by atoms with Gasteiger partial charge in [0.25, 0.3) is 0 Å². The number of fused-ring (bicyclic) bond motifs is 1. The molecule has 62 valence electrons. The zero-order valence-corrected chi connectivity index (χ0v) is 7.69. The molecule has 1 N–H and O–H groups in total. The van der Waals surface area contributed by atoms with Gasteiger partial charge in [-0.1, -0.05) is 0 Å². The van der Waals surface area contributed by atoms with Gasteiger partial charge in [-0.3, -0.25) is 5.21 Å². The lowest BCUT2D eigenvalue weighted by Crippen LogP contribution is -2.17. The van der Waals surface area contributed by atoms with Crippen LogP contribution >= 0.6 is 15.9 Å². The van der Waals surface area contributed by atoms with Gasteiger partial charge in [-0.25, -0.2) is 4.98 Å². The van der Waals surface area contributed by atoms with E-state index in [-0.39, 0.29) is 0 Å². The Labute approximate surface area is 77.6 Å².